The third kappa shape index (κ3) is 4.99. The van der Waals surface area contributed by atoms with E-state index in [-0.39, 0.29) is 12.1 Å². The van der Waals surface area contributed by atoms with Gasteiger partial charge in [-0.05, 0) is 11.6 Å². The van der Waals surface area contributed by atoms with Crippen LogP contribution in [0, 0.1) is 0 Å². The van der Waals surface area contributed by atoms with Crippen LogP contribution in [0.2, 0.25) is 0 Å². The third-order valence-corrected chi connectivity index (χ3v) is 3.54. The minimum absolute atomic E-state index is 0.220. The van der Waals surface area contributed by atoms with Crippen LogP contribution >= 0.6 is 0 Å². The molecule has 7 heteroatoms. The quantitative estimate of drug-likeness (QED) is 0.864. The number of nitrogens with zero attached hydrogens (tertiary/aromatic N) is 1. The van der Waals surface area contributed by atoms with Crippen molar-refractivity contribution in [2.45, 2.75) is 18.7 Å². The standard InChI is InChI=1S/C16H19F3N2O2/c1-2-6-20-15(22)21-7-8-23-14(11-21)10-12-4-3-5-13(9-12)16(17,18)19/h2-5,9,14H,1,6-8,10-11H2,(H,20,22)/t14-/m0/s1. The number of halogens is 3. The van der Waals surface area contributed by atoms with Crippen LogP contribution in [0.25, 0.3) is 0 Å². The fraction of sp³-hybridized carbons (Fsp3) is 0.438. The summed E-state index contributed by atoms with van der Waals surface area (Å²) in [5.41, 5.74) is -0.135. The van der Waals surface area contributed by atoms with Gasteiger partial charge < -0.3 is 15.0 Å². The van der Waals surface area contributed by atoms with Crippen molar-refractivity contribution in [1.29, 1.82) is 0 Å². The smallest absolute Gasteiger partial charge is 0.374 e. The summed E-state index contributed by atoms with van der Waals surface area (Å²) in [7, 11) is 0. The van der Waals surface area contributed by atoms with E-state index in [1.54, 1.807) is 17.0 Å². The molecular formula is C16H19F3N2O2. The lowest BCUT2D eigenvalue weighted by Crippen LogP contribution is -2.50. The summed E-state index contributed by atoms with van der Waals surface area (Å²) in [5.74, 6) is 0. The van der Waals surface area contributed by atoms with Crippen LogP contribution in [0.1, 0.15) is 11.1 Å². The average molecular weight is 328 g/mol. The number of morpholine rings is 1. The summed E-state index contributed by atoms with van der Waals surface area (Å²) in [6, 6.07) is 4.97. The number of amides is 2. The van der Waals surface area contributed by atoms with E-state index in [9.17, 15) is 18.0 Å². The van der Waals surface area contributed by atoms with E-state index in [0.29, 0.717) is 38.2 Å². The van der Waals surface area contributed by atoms with Gasteiger partial charge >= 0.3 is 12.2 Å². The van der Waals surface area contributed by atoms with Gasteiger partial charge in [0.05, 0.1) is 18.3 Å². The van der Waals surface area contributed by atoms with Gasteiger partial charge in [0.1, 0.15) is 0 Å². The first-order valence-corrected chi connectivity index (χ1v) is 7.31. The molecule has 1 heterocycles. The Hall–Kier alpha value is -2.02. The zero-order valence-corrected chi connectivity index (χ0v) is 12.6. The predicted molar refractivity (Wildman–Crippen MR) is 80.1 cm³/mol. The summed E-state index contributed by atoms with van der Waals surface area (Å²) in [6.07, 6.45) is -2.77. The van der Waals surface area contributed by atoms with Crippen LogP contribution in [0.4, 0.5) is 18.0 Å². The molecule has 1 saturated heterocycles. The highest BCUT2D eigenvalue weighted by Crippen LogP contribution is 2.30. The van der Waals surface area contributed by atoms with E-state index in [2.05, 4.69) is 11.9 Å². The minimum atomic E-state index is -4.36. The van der Waals surface area contributed by atoms with Crippen LogP contribution in [0.15, 0.2) is 36.9 Å². The Morgan fingerprint density at radius 3 is 2.96 bits per heavy atom. The SMILES string of the molecule is C=CCNC(=O)N1CCO[C@@H](Cc2cccc(C(F)(F)F)c2)C1. The van der Waals surface area contributed by atoms with Crippen molar-refractivity contribution in [2.24, 2.45) is 0 Å². The highest BCUT2D eigenvalue weighted by atomic mass is 19.4. The topological polar surface area (TPSA) is 41.6 Å². The maximum absolute atomic E-state index is 12.7. The number of hydrogen-bond donors (Lipinski definition) is 1. The molecule has 4 nitrogen and oxygen atoms in total. The van der Waals surface area contributed by atoms with Crippen molar-refractivity contribution in [3.63, 3.8) is 0 Å². The molecule has 1 N–H and O–H groups in total. The van der Waals surface area contributed by atoms with Gasteiger partial charge in [0.15, 0.2) is 0 Å². The second-order valence-electron chi connectivity index (χ2n) is 5.32. The van der Waals surface area contributed by atoms with Crippen molar-refractivity contribution >= 4 is 6.03 Å². The molecule has 1 aromatic rings. The first kappa shape index (κ1) is 17.3. The summed E-state index contributed by atoms with van der Waals surface area (Å²) in [6.45, 7) is 5.07. The van der Waals surface area contributed by atoms with Crippen LogP contribution in [-0.2, 0) is 17.3 Å². The third-order valence-electron chi connectivity index (χ3n) is 3.54. The van der Waals surface area contributed by atoms with E-state index < -0.39 is 11.7 Å². The summed E-state index contributed by atoms with van der Waals surface area (Å²) < 4.78 is 43.8. The summed E-state index contributed by atoms with van der Waals surface area (Å²) in [4.78, 5) is 13.5. The van der Waals surface area contributed by atoms with Gasteiger partial charge in [0.2, 0.25) is 0 Å². The largest absolute Gasteiger partial charge is 0.416 e. The van der Waals surface area contributed by atoms with Crippen molar-refractivity contribution in [2.75, 3.05) is 26.2 Å². The van der Waals surface area contributed by atoms with Gasteiger partial charge in [0.25, 0.3) is 0 Å². The second kappa shape index (κ2) is 7.50. The van der Waals surface area contributed by atoms with Crippen LogP contribution < -0.4 is 5.32 Å². The lowest BCUT2D eigenvalue weighted by Gasteiger charge is -2.33. The van der Waals surface area contributed by atoms with E-state index in [4.69, 9.17) is 4.74 Å². The normalized spacial score (nSPS) is 18.6. The van der Waals surface area contributed by atoms with Crippen LogP contribution in [0.5, 0.6) is 0 Å². The first-order valence-electron chi connectivity index (χ1n) is 7.31. The van der Waals surface area contributed by atoms with Gasteiger partial charge in [-0.15, -0.1) is 6.58 Å². The van der Waals surface area contributed by atoms with E-state index >= 15 is 0 Å². The molecule has 2 rings (SSSR count). The van der Waals surface area contributed by atoms with E-state index in [1.807, 2.05) is 0 Å². The van der Waals surface area contributed by atoms with Crippen molar-refractivity contribution in [1.82, 2.24) is 10.2 Å². The Labute approximate surface area is 132 Å². The lowest BCUT2D eigenvalue weighted by molar-refractivity contribution is -0.137. The van der Waals surface area contributed by atoms with Gasteiger partial charge in [0, 0.05) is 26.1 Å². The van der Waals surface area contributed by atoms with Gasteiger partial charge in [-0.2, -0.15) is 13.2 Å². The zero-order chi connectivity index (χ0) is 16.9. The van der Waals surface area contributed by atoms with Crippen molar-refractivity contribution < 1.29 is 22.7 Å². The van der Waals surface area contributed by atoms with Crippen LogP contribution in [-0.4, -0.2) is 43.3 Å². The Kier molecular flexibility index (Phi) is 5.65. The van der Waals surface area contributed by atoms with Crippen molar-refractivity contribution in [3.05, 3.63) is 48.0 Å². The Morgan fingerprint density at radius 1 is 1.48 bits per heavy atom. The summed E-state index contributed by atoms with van der Waals surface area (Å²) in [5, 5.41) is 2.68. The Bertz CT molecular complexity index is 561. The molecule has 1 atom stereocenters. The molecule has 0 radical (unpaired) electrons. The first-order chi connectivity index (χ1) is 10.9. The van der Waals surface area contributed by atoms with E-state index in [1.165, 1.54) is 6.07 Å². The molecule has 23 heavy (non-hydrogen) atoms. The number of urea groups is 1. The summed E-state index contributed by atoms with van der Waals surface area (Å²) >= 11 is 0. The maximum Gasteiger partial charge on any atom is 0.416 e. The average Bonchev–Trinajstić information content (AvgIpc) is 2.52. The zero-order valence-electron chi connectivity index (χ0n) is 12.6. The molecule has 0 aliphatic carbocycles. The Balaban J connectivity index is 1.97. The number of alkyl halides is 3. The lowest BCUT2D eigenvalue weighted by atomic mass is 10.0. The molecule has 126 valence electrons. The molecule has 0 aromatic heterocycles. The maximum atomic E-state index is 12.7. The molecule has 2 amide bonds. The molecule has 1 aromatic carbocycles. The highest BCUT2D eigenvalue weighted by molar-refractivity contribution is 5.74. The van der Waals surface area contributed by atoms with Gasteiger partial charge in [-0.1, -0.05) is 24.3 Å². The number of benzene rings is 1. The molecule has 0 spiro atoms. The number of ether oxygens (including phenoxy) is 1. The molecule has 0 unspecified atom stereocenters. The Morgan fingerprint density at radius 2 is 2.26 bits per heavy atom. The molecule has 1 aliphatic rings. The number of carbonyl (C=O) groups excluding carboxylic acids is 1. The number of hydrogen-bond acceptors (Lipinski definition) is 2. The fourth-order valence-corrected chi connectivity index (χ4v) is 2.44. The highest BCUT2D eigenvalue weighted by Gasteiger charge is 2.31. The molecule has 0 bridgehead atoms. The molecule has 1 aliphatic heterocycles. The number of rotatable bonds is 4. The molecular weight excluding hydrogens is 309 g/mol. The van der Waals surface area contributed by atoms with Gasteiger partial charge in [-0.25, -0.2) is 4.79 Å². The minimum Gasteiger partial charge on any atom is -0.374 e. The number of nitrogens with one attached hydrogen (secondary N) is 1. The molecule has 0 saturated carbocycles. The van der Waals surface area contributed by atoms with Crippen LogP contribution in [0.3, 0.4) is 0 Å². The van der Waals surface area contributed by atoms with E-state index in [0.717, 1.165) is 12.1 Å². The fourth-order valence-electron chi connectivity index (χ4n) is 2.44. The second-order valence-corrected chi connectivity index (χ2v) is 5.32. The number of carbonyl (C=O) groups is 1. The molecule has 1 fully saturated rings. The van der Waals surface area contributed by atoms with Crippen molar-refractivity contribution in [3.8, 4) is 0 Å². The van der Waals surface area contributed by atoms with Gasteiger partial charge in [-0.3, -0.25) is 0 Å². The predicted octanol–water partition coefficient (Wildman–Crippen LogP) is 2.84. The monoisotopic (exact) mass is 328 g/mol.